The number of amides is 1. The van der Waals surface area contributed by atoms with Crippen molar-refractivity contribution in [3.63, 3.8) is 0 Å². The predicted molar refractivity (Wildman–Crippen MR) is 50.8 cm³/mol. The molecule has 0 radical (unpaired) electrons. The first-order valence-corrected chi connectivity index (χ1v) is 3.77. The molecule has 0 aliphatic rings. The van der Waals surface area contributed by atoms with Gasteiger partial charge < -0.3 is 11.5 Å². The summed E-state index contributed by atoms with van der Waals surface area (Å²) >= 11 is 0. The number of rotatable bonds is 2. The molecular formula is C8H9N3O3. The second-order valence-electron chi connectivity index (χ2n) is 2.83. The maximum absolute atomic E-state index is 10.8. The number of primary amides is 1. The van der Waals surface area contributed by atoms with Crippen LogP contribution in [0.25, 0.3) is 0 Å². The summed E-state index contributed by atoms with van der Waals surface area (Å²) in [6, 6.07) is 2.44. The van der Waals surface area contributed by atoms with Crippen molar-refractivity contribution in [1.29, 1.82) is 0 Å². The topological polar surface area (TPSA) is 112 Å². The van der Waals surface area contributed by atoms with E-state index in [2.05, 4.69) is 0 Å². The number of carbonyl (C=O) groups is 1. The van der Waals surface area contributed by atoms with Crippen LogP contribution in [0, 0.1) is 17.0 Å². The second kappa shape index (κ2) is 3.33. The molecule has 0 aliphatic heterocycles. The molecule has 74 valence electrons. The molecule has 0 bridgehead atoms. The summed E-state index contributed by atoms with van der Waals surface area (Å²) in [7, 11) is 0. The first-order chi connectivity index (χ1) is 6.43. The lowest BCUT2D eigenvalue weighted by Crippen LogP contribution is -2.12. The van der Waals surface area contributed by atoms with E-state index in [4.69, 9.17) is 11.5 Å². The number of benzene rings is 1. The maximum Gasteiger partial charge on any atom is 0.275 e. The van der Waals surface area contributed by atoms with Gasteiger partial charge in [-0.15, -0.1) is 0 Å². The lowest BCUT2D eigenvalue weighted by Gasteiger charge is -2.03. The van der Waals surface area contributed by atoms with Crippen molar-refractivity contribution in [3.05, 3.63) is 33.4 Å². The fourth-order valence-electron chi connectivity index (χ4n) is 1.05. The van der Waals surface area contributed by atoms with Crippen molar-refractivity contribution < 1.29 is 9.72 Å². The van der Waals surface area contributed by atoms with Crippen LogP contribution in [-0.4, -0.2) is 10.8 Å². The van der Waals surface area contributed by atoms with Crippen molar-refractivity contribution in [3.8, 4) is 0 Å². The Balaban J connectivity index is 3.43. The van der Waals surface area contributed by atoms with E-state index in [1.165, 1.54) is 13.0 Å². The number of nitro groups is 1. The predicted octanol–water partition coefficient (Wildman–Crippen LogP) is 0.584. The fourth-order valence-corrected chi connectivity index (χ4v) is 1.05. The number of nitrogens with zero attached hydrogens (tertiary/aromatic N) is 1. The van der Waals surface area contributed by atoms with Crippen molar-refractivity contribution >= 4 is 17.3 Å². The van der Waals surface area contributed by atoms with Crippen molar-refractivity contribution in [2.24, 2.45) is 5.73 Å². The summed E-state index contributed by atoms with van der Waals surface area (Å²) < 4.78 is 0. The molecule has 4 N–H and O–H groups in total. The van der Waals surface area contributed by atoms with E-state index < -0.39 is 10.8 Å². The summed E-state index contributed by atoms with van der Waals surface area (Å²) in [6.45, 7) is 1.51. The molecular weight excluding hydrogens is 186 g/mol. The van der Waals surface area contributed by atoms with Gasteiger partial charge in [-0.2, -0.15) is 0 Å². The summed E-state index contributed by atoms with van der Waals surface area (Å²) in [5.41, 5.74) is 10.8. The zero-order valence-electron chi connectivity index (χ0n) is 7.48. The van der Waals surface area contributed by atoms with Gasteiger partial charge in [0.25, 0.3) is 5.69 Å². The van der Waals surface area contributed by atoms with Gasteiger partial charge in [-0.1, -0.05) is 0 Å². The minimum Gasteiger partial charge on any atom is -0.398 e. The molecule has 1 aromatic rings. The van der Waals surface area contributed by atoms with E-state index in [-0.39, 0.29) is 16.9 Å². The number of hydrogen-bond donors (Lipinski definition) is 2. The van der Waals surface area contributed by atoms with Crippen LogP contribution >= 0.6 is 0 Å². The molecule has 0 heterocycles. The minimum atomic E-state index is -0.736. The zero-order valence-corrected chi connectivity index (χ0v) is 7.48. The average Bonchev–Trinajstić information content (AvgIpc) is 2.08. The minimum absolute atomic E-state index is 0.0415. The Labute approximate surface area is 79.7 Å². The van der Waals surface area contributed by atoms with Gasteiger partial charge in [0.1, 0.15) is 0 Å². The van der Waals surface area contributed by atoms with Gasteiger partial charge in [0.15, 0.2) is 0 Å². The van der Waals surface area contributed by atoms with Crippen LogP contribution in [0.2, 0.25) is 0 Å². The summed E-state index contributed by atoms with van der Waals surface area (Å²) in [5.74, 6) is -0.736. The van der Waals surface area contributed by atoms with Gasteiger partial charge in [0, 0.05) is 22.9 Å². The summed E-state index contributed by atoms with van der Waals surface area (Å²) in [4.78, 5) is 20.7. The Morgan fingerprint density at radius 3 is 2.50 bits per heavy atom. The van der Waals surface area contributed by atoms with E-state index in [0.29, 0.717) is 5.56 Å². The standard InChI is InChI=1S/C8H9N3O3/c1-4-6(9)2-5(8(10)12)3-7(4)11(13)14/h2-3H,9H2,1H3,(H2,10,12). The Kier molecular flexibility index (Phi) is 2.37. The van der Waals surface area contributed by atoms with Gasteiger partial charge >= 0.3 is 0 Å². The third-order valence-electron chi connectivity index (χ3n) is 1.90. The monoisotopic (exact) mass is 195 g/mol. The molecule has 6 nitrogen and oxygen atoms in total. The van der Waals surface area contributed by atoms with Crippen LogP contribution in [0.1, 0.15) is 15.9 Å². The summed E-state index contributed by atoms with van der Waals surface area (Å²) in [6.07, 6.45) is 0. The Bertz CT molecular complexity index is 415. The van der Waals surface area contributed by atoms with Gasteiger partial charge in [0.05, 0.1) is 4.92 Å². The van der Waals surface area contributed by atoms with Crippen molar-refractivity contribution in [1.82, 2.24) is 0 Å². The molecule has 0 aromatic heterocycles. The van der Waals surface area contributed by atoms with Crippen molar-refractivity contribution in [2.45, 2.75) is 6.92 Å². The van der Waals surface area contributed by atoms with Crippen molar-refractivity contribution in [2.75, 3.05) is 5.73 Å². The van der Waals surface area contributed by atoms with Crippen LogP contribution in [0.15, 0.2) is 12.1 Å². The van der Waals surface area contributed by atoms with Crippen LogP contribution in [0.5, 0.6) is 0 Å². The number of nitrogen functional groups attached to an aromatic ring is 1. The third kappa shape index (κ3) is 1.63. The smallest absolute Gasteiger partial charge is 0.275 e. The van der Waals surface area contributed by atoms with E-state index in [1.807, 2.05) is 0 Å². The molecule has 0 unspecified atom stereocenters. The van der Waals surface area contributed by atoms with Gasteiger partial charge in [0.2, 0.25) is 5.91 Å². The Hall–Kier alpha value is -2.11. The number of nitro benzene ring substituents is 1. The molecule has 0 atom stereocenters. The van der Waals surface area contributed by atoms with Crippen LogP contribution < -0.4 is 11.5 Å². The van der Waals surface area contributed by atoms with E-state index in [9.17, 15) is 14.9 Å². The van der Waals surface area contributed by atoms with Gasteiger partial charge in [-0.25, -0.2) is 0 Å². The Morgan fingerprint density at radius 2 is 2.07 bits per heavy atom. The first-order valence-electron chi connectivity index (χ1n) is 3.77. The fraction of sp³-hybridized carbons (Fsp3) is 0.125. The van der Waals surface area contributed by atoms with Crippen LogP contribution in [0.3, 0.4) is 0 Å². The molecule has 1 aromatic carbocycles. The molecule has 14 heavy (non-hydrogen) atoms. The SMILES string of the molecule is Cc1c(N)cc(C(N)=O)cc1[N+](=O)[O-]. The molecule has 6 heteroatoms. The lowest BCUT2D eigenvalue weighted by molar-refractivity contribution is -0.385. The quantitative estimate of drug-likeness (QED) is 0.408. The summed E-state index contributed by atoms with van der Waals surface area (Å²) in [5, 5.41) is 10.5. The Morgan fingerprint density at radius 1 is 1.50 bits per heavy atom. The van der Waals surface area contributed by atoms with Crippen LogP contribution in [-0.2, 0) is 0 Å². The average molecular weight is 195 g/mol. The molecule has 0 spiro atoms. The molecule has 0 fully saturated rings. The molecule has 1 amide bonds. The highest BCUT2D eigenvalue weighted by molar-refractivity contribution is 5.95. The van der Waals surface area contributed by atoms with Gasteiger partial charge in [-0.3, -0.25) is 14.9 Å². The number of carbonyl (C=O) groups excluding carboxylic acids is 1. The van der Waals surface area contributed by atoms with Crippen LogP contribution in [0.4, 0.5) is 11.4 Å². The highest BCUT2D eigenvalue weighted by Gasteiger charge is 2.16. The molecule has 0 saturated heterocycles. The maximum atomic E-state index is 10.8. The molecule has 1 rings (SSSR count). The van der Waals surface area contributed by atoms with E-state index in [0.717, 1.165) is 6.07 Å². The van der Waals surface area contributed by atoms with E-state index in [1.54, 1.807) is 0 Å². The third-order valence-corrected chi connectivity index (χ3v) is 1.90. The van der Waals surface area contributed by atoms with Gasteiger partial charge in [-0.05, 0) is 13.0 Å². The second-order valence-corrected chi connectivity index (χ2v) is 2.83. The lowest BCUT2D eigenvalue weighted by atomic mass is 10.1. The largest absolute Gasteiger partial charge is 0.398 e. The normalized spacial score (nSPS) is 9.79. The first kappa shape index (κ1) is 9.97. The number of nitrogens with two attached hydrogens (primary N) is 2. The zero-order chi connectivity index (χ0) is 10.9. The highest BCUT2D eigenvalue weighted by Crippen LogP contribution is 2.25. The van der Waals surface area contributed by atoms with E-state index >= 15 is 0 Å². The molecule has 0 saturated carbocycles. The molecule has 0 aliphatic carbocycles. The number of hydrogen-bond acceptors (Lipinski definition) is 4. The highest BCUT2D eigenvalue weighted by atomic mass is 16.6. The number of anilines is 1.